The Morgan fingerprint density at radius 3 is 2.28 bits per heavy atom. The molecule has 102 valence electrons. The monoisotopic (exact) mass is 249 g/mol. The standard InChI is InChI=1S/C16H27NO/c1-6-17-16(14(4)7-8-18-5)15-10-12(2)9-13(3)11-15/h9-11,14,16-17H,6-8H2,1-5H3. The summed E-state index contributed by atoms with van der Waals surface area (Å²) in [6, 6.07) is 7.24. The Morgan fingerprint density at radius 2 is 1.78 bits per heavy atom. The molecule has 0 aliphatic rings. The van der Waals surface area contributed by atoms with E-state index in [4.69, 9.17) is 4.74 Å². The lowest BCUT2D eigenvalue weighted by atomic mass is 9.90. The molecule has 2 heteroatoms. The minimum atomic E-state index is 0.420. The molecule has 0 saturated carbocycles. The molecule has 0 aromatic heterocycles. The Labute approximate surface area is 112 Å². The maximum atomic E-state index is 5.20. The van der Waals surface area contributed by atoms with Gasteiger partial charge in [-0.15, -0.1) is 0 Å². The highest BCUT2D eigenvalue weighted by atomic mass is 16.5. The number of benzene rings is 1. The lowest BCUT2D eigenvalue weighted by Crippen LogP contribution is -2.27. The van der Waals surface area contributed by atoms with Crippen LogP contribution in [0.1, 0.15) is 43.0 Å². The third-order valence-electron chi connectivity index (χ3n) is 3.37. The van der Waals surface area contributed by atoms with E-state index in [1.165, 1.54) is 16.7 Å². The van der Waals surface area contributed by atoms with Crippen molar-refractivity contribution < 1.29 is 4.74 Å². The number of rotatable bonds is 7. The summed E-state index contributed by atoms with van der Waals surface area (Å²) in [6.07, 6.45) is 1.08. The van der Waals surface area contributed by atoms with Gasteiger partial charge in [0.1, 0.15) is 0 Å². The van der Waals surface area contributed by atoms with E-state index >= 15 is 0 Å². The molecule has 1 rings (SSSR count). The minimum absolute atomic E-state index is 0.420. The van der Waals surface area contributed by atoms with Gasteiger partial charge in [0.15, 0.2) is 0 Å². The van der Waals surface area contributed by atoms with E-state index in [0.717, 1.165) is 19.6 Å². The van der Waals surface area contributed by atoms with Crippen molar-refractivity contribution in [2.24, 2.45) is 5.92 Å². The van der Waals surface area contributed by atoms with E-state index in [0.29, 0.717) is 12.0 Å². The average molecular weight is 249 g/mol. The van der Waals surface area contributed by atoms with E-state index in [-0.39, 0.29) is 0 Å². The fourth-order valence-corrected chi connectivity index (χ4v) is 2.53. The van der Waals surface area contributed by atoms with Gasteiger partial charge in [0.05, 0.1) is 0 Å². The van der Waals surface area contributed by atoms with Crippen molar-refractivity contribution in [3.05, 3.63) is 34.9 Å². The molecule has 0 aliphatic carbocycles. The van der Waals surface area contributed by atoms with Crippen LogP contribution in [0.2, 0.25) is 0 Å². The lowest BCUT2D eigenvalue weighted by molar-refractivity contribution is 0.170. The van der Waals surface area contributed by atoms with Crippen LogP contribution in [0.5, 0.6) is 0 Å². The molecular weight excluding hydrogens is 222 g/mol. The Kier molecular flexibility index (Phi) is 6.37. The summed E-state index contributed by atoms with van der Waals surface area (Å²) in [5.74, 6) is 0.575. The Hall–Kier alpha value is -0.860. The van der Waals surface area contributed by atoms with Crippen LogP contribution in [0.3, 0.4) is 0 Å². The van der Waals surface area contributed by atoms with Crippen LogP contribution in [0.4, 0.5) is 0 Å². The van der Waals surface area contributed by atoms with Gasteiger partial charge in [-0.2, -0.15) is 0 Å². The topological polar surface area (TPSA) is 21.3 Å². The molecule has 1 N–H and O–H groups in total. The first-order valence-corrected chi connectivity index (χ1v) is 6.89. The van der Waals surface area contributed by atoms with Crippen LogP contribution >= 0.6 is 0 Å². The fraction of sp³-hybridized carbons (Fsp3) is 0.625. The number of aryl methyl sites for hydroxylation is 2. The summed E-state index contributed by atoms with van der Waals surface area (Å²) in [4.78, 5) is 0. The zero-order valence-corrected chi connectivity index (χ0v) is 12.4. The largest absolute Gasteiger partial charge is 0.385 e. The predicted molar refractivity (Wildman–Crippen MR) is 78.0 cm³/mol. The molecule has 1 aromatic carbocycles. The van der Waals surface area contributed by atoms with Crippen molar-refractivity contribution in [1.29, 1.82) is 0 Å². The smallest absolute Gasteiger partial charge is 0.0465 e. The van der Waals surface area contributed by atoms with E-state index in [1.54, 1.807) is 7.11 Å². The summed E-state index contributed by atoms with van der Waals surface area (Å²) in [5.41, 5.74) is 4.08. The van der Waals surface area contributed by atoms with Gasteiger partial charge < -0.3 is 10.1 Å². The van der Waals surface area contributed by atoms with Gasteiger partial charge in [-0.3, -0.25) is 0 Å². The molecule has 2 atom stereocenters. The molecule has 1 aromatic rings. The van der Waals surface area contributed by atoms with Gasteiger partial charge in [-0.25, -0.2) is 0 Å². The van der Waals surface area contributed by atoms with Gasteiger partial charge in [0, 0.05) is 19.8 Å². The molecule has 0 saturated heterocycles. The minimum Gasteiger partial charge on any atom is -0.385 e. The van der Waals surface area contributed by atoms with Crippen molar-refractivity contribution in [2.45, 2.75) is 40.2 Å². The molecule has 0 heterocycles. The van der Waals surface area contributed by atoms with Crippen molar-refractivity contribution in [3.8, 4) is 0 Å². The summed E-state index contributed by atoms with van der Waals surface area (Å²) in [7, 11) is 1.77. The number of methoxy groups -OCH3 is 1. The zero-order valence-electron chi connectivity index (χ0n) is 12.4. The highest BCUT2D eigenvalue weighted by Crippen LogP contribution is 2.26. The quantitative estimate of drug-likeness (QED) is 0.797. The SMILES string of the molecule is CCNC(c1cc(C)cc(C)c1)C(C)CCOC. The van der Waals surface area contributed by atoms with Crippen molar-refractivity contribution in [3.63, 3.8) is 0 Å². The molecule has 0 bridgehead atoms. The van der Waals surface area contributed by atoms with E-state index in [2.05, 4.69) is 51.2 Å². The lowest BCUT2D eigenvalue weighted by Gasteiger charge is -2.26. The molecule has 18 heavy (non-hydrogen) atoms. The second-order valence-electron chi connectivity index (χ2n) is 5.22. The molecule has 0 aliphatic heterocycles. The highest BCUT2D eigenvalue weighted by Gasteiger charge is 2.18. The van der Waals surface area contributed by atoms with Gasteiger partial charge >= 0.3 is 0 Å². The molecule has 0 spiro atoms. The molecule has 0 radical (unpaired) electrons. The van der Waals surface area contributed by atoms with Gasteiger partial charge in [0.25, 0.3) is 0 Å². The summed E-state index contributed by atoms with van der Waals surface area (Å²) < 4.78 is 5.20. The van der Waals surface area contributed by atoms with Crippen LogP contribution < -0.4 is 5.32 Å². The second-order valence-corrected chi connectivity index (χ2v) is 5.22. The van der Waals surface area contributed by atoms with E-state index in [1.807, 2.05) is 0 Å². The first-order valence-electron chi connectivity index (χ1n) is 6.89. The Morgan fingerprint density at radius 1 is 1.17 bits per heavy atom. The maximum absolute atomic E-state index is 5.20. The van der Waals surface area contributed by atoms with E-state index < -0.39 is 0 Å². The van der Waals surface area contributed by atoms with Gasteiger partial charge in [0.2, 0.25) is 0 Å². The summed E-state index contributed by atoms with van der Waals surface area (Å²) in [5, 5.41) is 3.61. The zero-order chi connectivity index (χ0) is 13.5. The highest BCUT2D eigenvalue weighted by molar-refractivity contribution is 5.31. The van der Waals surface area contributed by atoms with Crippen LogP contribution in [0, 0.1) is 19.8 Å². The normalized spacial score (nSPS) is 14.5. The van der Waals surface area contributed by atoms with Crippen molar-refractivity contribution in [2.75, 3.05) is 20.3 Å². The predicted octanol–water partition coefficient (Wildman–Crippen LogP) is 3.63. The first kappa shape index (κ1) is 15.2. The third kappa shape index (κ3) is 4.43. The second kappa shape index (κ2) is 7.55. The summed E-state index contributed by atoms with van der Waals surface area (Å²) >= 11 is 0. The number of nitrogens with one attached hydrogen (secondary N) is 1. The fourth-order valence-electron chi connectivity index (χ4n) is 2.53. The Bertz CT molecular complexity index is 342. The molecular formula is C16H27NO. The maximum Gasteiger partial charge on any atom is 0.0465 e. The third-order valence-corrected chi connectivity index (χ3v) is 3.37. The van der Waals surface area contributed by atoms with Crippen LogP contribution in [-0.2, 0) is 4.74 Å². The van der Waals surface area contributed by atoms with Crippen LogP contribution in [0.25, 0.3) is 0 Å². The molecule has 2 unspecified atom stereocenters. The number of hydrogen-bond acceptors (Lipinski definition) is 2. The summed E-state index contributed by atoms with van der Waals surface area (Å²) in [6.45, 7) is 10.6. The van der Waals surface area contributed by atoms with Gasteiger partial charge in [-0.05, 0) is 38.3 Å². The van der Waals surface area contributed by atoms with E-state index in [9.17, 15) is 0 Å². The molecule has 0 fully saturated rings. The van der Waals surface area contributed by atoms with Crippen LogP contribution in [0.15, 0.2) is 18.2 Å². The first-order chi connectivity index (χ1) is 8.58. The van der Waals surface area contributed by atoms with Crippen molar-refractivity contribution in [1.82, 2.24) is 5.32 Å². The molecule has 0 amide bonds. The number of hydrogen-bond donors (Lipinski definition) is 1. The van der Waals surface area contributed by atoms with Gasteiger partial charge in [-0.1, -0.05) is 43.2 Å². The van der Waals surface area contributed by atoms with Crippen LogP contribution in [-0.4, -0.2) is 20.3 Å². The molecule has 2 nitrogen and oxygen atoms in total. The van der Waals surface area contributed by atoms with Crippen molar-refractivity contribution >= 4 is 0 Å². The average Bonchev–Trinajstić information content (AvgIpc) is 2.31. The number of ether oxygens (including phenoxy) is 1. The Balaban J connectivity index is 2.88.